The number of aliphatic imine (C=N–C) groups is 1. The molecule has 3 nitrogen and oxygen atoms in total. The zero-order valence-electron chi connectivity index (χ0n) is 11.0. The molecule has 7 heteroatoms. The smallest absolute Gasteiger partial charge is 0.246 e. The van der Waals surface area contributed by atoms with Crippen LogP contribution in [0.15, 0.2) is 39.8 Å². The lowest BCUT2D eigenvalue weighted by molar-refractivity contribution is -0.114. The van der Waals surface area contributed by atoms with Crippen LogP contribution in [0.3, 0.4) is 0 Å². The van der Waals surface area contributed by atoms with Gasteiger partial charge in [-0.15, -0.1) is 0 Å². The van der Waals surface area contributed by atoms with Crippen LogP contribution in [0.25, 0.3) is 0 Å². The molecular formula is C15H8BrClF2N2O. The van der Waals surface area contributed by atoms with Crippen LogP contribution >= 0.6 is 27.5 Å². The van der Waals surface area contributed by atoms with E-state index in [1.165, 1.54) is 6.07 Å². The largest absolute Gasteiger partial charge is 0.324 e. The van der Waals surface area contributed by atoms with Crippen molar-refractivity contribution < 1.29 is 13.6 Å². The molecule has 0 saturated carbocycles. The lowest BCUT2D eigenvalue weighted by Crippen LogP contribution is -2.13. The van der Waals surface area contributed by atoms with Crippen LogP contribution in [0.1, 0.15) is 11.1 Å². The third-order valence-corrected chi connectivity index (χ3v) is 4.47. The summed E-state index contributed by atoms with van der Waals surface area (Å²) in [5.74, 6) is -1.92. The minimum absolute atomic E-state index is 0.00949. The fourth-order valence-corrected chi connectivity index (χ4v) is 2.82. The number of hydrogen-bond acceptors (Lipinski definition) is 2. The van der Waals surface area contributed by atoms with Crippen molar-refractivity contribution in [1.29, 1.82) is 0 Å². The van der Waals surface area contributed by atoms with Crippen LogP contribution in [0.2, 0.25) is 5.02 Å². The monoisotopic (exact) mass is 384 g/mol. The van der Waals surface area contributed by atoms with Crippen LogP contribution in [-0.2, 0) is 4.79 Å². The number of rotatable bonds is 1. The number of hydrogen-bond donors (Lipinski definition) is 1. The molecule has 112 valence electrons. The summed E-state index contributed by atoms with van der Waals surface area (Å²) in [5, 5.41) is 2.85. The average molecular weight is 386 g/mol. The van der Waals surface area contributed by atoms with E-state index in [1.54, 1.807) is 12.1 Å². The van der Waals surface area contributed by atoms with Crippen LogP contribution in [0.5, 0.6) is 0 Å². The first kappa shape index (κ1) is 15.1. The maximum Gasteiger partial charge on any atom is 0.246 e. The summed E-state index contributed by atoms with van der Waals surface area (Å²) in [6, 6.07) is 6.77. The van der Waals surface area contributed by atoms with E-state index in [9.17, 15) is 13.6 Å². The molecule has 22 heavy (non-hydrogen) atoms. The van der Waals surface area contributed by atoms with Crippen molar-refractivity contribution in [3.05, 3.63) is 62.6 Å². The van der Waals surface area contributed by atoms with Gasteiger partial charge in [0.25, 0.3) is 0 Å². The molecule has 1 amide bonds. The number of anilines is 1. The molecule has 1 N–H and O–H groups in total. The predicted octanol–water partition coefficient (Wildman–Crippen LogP) is 4.17. The lowest BCUT2D eigenvalue weighted by atomic mass is 9.99. The van der Waals surface area contributed by atoms with Gasteiger partial charge < -0.3 is 5.32 Å². The predicted molar refractivity (Wildman–Crippen MR) is 84.6 cm³/mol. The maximum absolute atomic E-state index is 14.1. The molecule has 2 aromatic rings. The van der Waals surface area contributed by atoms with Crippen molar-refractivity contribution in [1.82, 2.24) is 0 Å². The van der Waals surface area contributed by atoms with Gasteiger partial charge in [-0.2, -0.15) is 0 Å². The molecule has 3 rings (SSSR count). The fourth-order valence-electron chi connectivity index (χ4n) is 2.23. The second-order valence-electron chi connectivity index (χ2n) is 4.59. The minimum Gasteiger partial charge on any atom is -0.324 e. The lowest BCUT2D eigenvalue weighted by Gasteiger charge is -2.14. The van der Waals surface area contributed by atoms with E-state index in [0.29, 0.717) is 10.2 Å². The molecule has 0 atom stereocenters. The molecule has 0 radical (unpaired) electrons. The van der Waals surface area contributed by atoms with Gasteiger partial charge in [0.05, 0.1) is 22.0 Å². The van der Waals surface area contributed by atoms with Crippen LogP contribution in [-0.4, -0.2) is 18.2 Å². The van der Waals surface area contributed by atoms with E-state index in [-0.39, 0.29) is 34.3 Å². The Kier molecular flexibility index (Phi) is 3.97. The summed E-state index contributed by atoms with van der Waals surface area (Å²) in [4.78, 5) is 15.8. The number of amides is 1. The Labute approximate surface area is 138 Å². The van der Waals surface area contributed by atoms with Gasteiger partial charge in [0.1, 0.15) is 18.2 Å². The number of nitrogens with one attached hydrogen (secondary N) is 1. The quantitative estimate of drug-likeness (QED) is 0.786. The molecule has 0 fully saturated rings. The highest BCUT2D eigenvalue weighted by Gasteiger charge is 2.26. The number of fused-ring (bicyclic) bond motifs is 1. The standard InChI is InChI=1S/C15H8BrClF2N2O/c16-7-4-5-10-13(14(7)17)15(20-6-11(22)21-10)12-8(18)2-1-3-9(12)19/h1-5H,6H2,(H,21,22). The normalized spacial score (nSPS) is 14.0. The number of carbonyl (C=O) groups is 1. The highest BCUT2D eigenvalue weighted by atomic mass is 79.9. The van der Waals surface area contributed by atoms with Crippen molar-refractivity contribution in [3.63, 3.8) is 0 Å². The van der Waals surface area contributed by atoms with Crippen molar-refractivity contribution in [2.75, 3.05) is 11.9 Å². The van der Waals surface area contributed by atoms with Gasteiger partial charge in [0, 0.05) is 10.0 Å². The second-order valence-corrected chi connectivity index (χ2v) is 5.83. The van der Waals surface area contributed by atoms with Crippen LogP contribution in [0.4, 0.5) is 14.5 Å². The van der Waals surface area contributed by atoms with Gasteiger partial charge in [-0.3, -0.25) is 9.79 Å². The topological polar surface area (TPSA) is 41.5 Å². The molecule has 0 aromatic heterocycles. The molecule has 0 spiro atoms. The van der Waals surface area contributed by atoms with Gasteiger partial charge in [-0.05, 0) is 40.2 Å². The second kappa shape index (κ2) is 5.78. The van der Waals surface area contributed by atoms with E-state index in [1.807, 2.05) is 0 Å². The number of carbonyl (C=O) groups excluding carboxylic acids is 1. The first-order chi connectivity index (χ1) is 10.5. The molecule has 0 saturated heterocycles. The molecule has 0 unspecified atom stereocenters. The Morgan fingerprint density at radius 3 is 2.50 bits per heavy atom. The van der Waals surface area contributed by atoms with Crippen LogP contribution < -0.4 is 5.32 Å². The summed E-state index contributed by atoms with van der Waals surface area (Å²) in [7, 11) is 0. The van der Waals surface area contributed by atoms with E-state index >= 15 is 0 Å². The van der Waals surface area contributed by atoms with E-state index in [4.69, 9.17) is 11.6 Å². The average Bonchev–Trinajstić information content (AvgIpc) is 2.63. The van der Waals surface area contributed by atoms with Crippen molar-refractivity contribution in [2.45, 2.75) is 0 Å². The maximum atomic E-state index is 14.1. The Morgan fingerprint density at radius 2 is 1.82 bits per heavy atom. The molecule has 1 aliphatic rings. The van der Waals surface area contributed by atoms with Crippen molar-refractivity contribution in [3.8, 4) is 0 Å². The van der Waals surface area contributed by atoms with Gasteiger partial charge in [-0.1, -0.05) is 17.7 Å². The van der Waals surface area contributed by atoms with Gasteiger partial charge in [0.2, 0.25) is 5.91 Å². The minimum atomic E-state index is -0.768. The first-order valence-corrected chi connectivity index (χ1v) is 7.43. The summed E-state index contributed by atoms with van der Waals surface area (Å²) in [6.45, 7) is -0.244. The number of benzodiazepines with no additional fused rings is 1. The molecule has 2 aromatic carbocycles. The Balaban J connectivity index is 2.34. The summed E-state index contributed by atoms with van der Waals surface area (Å²) in [5.41, 5.74) is 0.346. The molecular weight excluding hydrogens is 378 g/mol. The molecule has 0 bridgehead atoms. The first-order valence-electron chi connectivity index (χ1n) is 6.26. The molecule has 0 aliphatic carbocycles. The van der Waals surface area contributed by atoms with Gasteiger partial charge in [-0.25, -0.2) is 8.78 Å². The summed E-state index contributed by atoms with van der Waals surface area (Å²) < 4.78 is 28.8. The summed E-state index contributed by atoms with van der Waals surface area (Å²) >= 11 is 9.52. The Morgan fingerprint density at radius 1 is 1.14 bits per heavy atom. The highest BCUT2D eigenvalue weighted by molar-refractivity contribution is 9.10. The van der Waals surface area contributed by atoms with E-state index in [0.717, 1.165) is 12.1 Å². The number of nitrogens with zero attached hydrogens (tertiary/aromatic N) is 1. The number of benzene rings is 2. The number of halogens is 4. The zero-order valence-corrected chi connectivity index (χ0v) is 13.3. The summed E-state index contributed by atoms with van der Waals surface area (Å²) in [6.07, 6.45) is 0. The van der Waals surface area contributed by atoms with Gasteiger partial charge >= 0.3 is 0 Å². The van der Waals surface area contributed by atoms with Gasteiger partial charge in [0.15, 0.2) is 0 Å². The van der Waals surface area contributed by atoms with Crippen LogP contribution in [0, 0.1) is 11.6 Å². The third-order valence-electron chi connectivity index (χ3n) is 3.19. The van der Waals surface area contributed by atoms with E-state index in [2.05, 4.69) is 26.2 Å². The molecule has 1 aliphatic heterocycles. The SMILES string of the molecule is O=C1CN=C(c2c(F)cccc2F)c2c(ccc(Br)c2Cl)N1. The zero-order chi connectivity index (χ0) is 15.9. The van der Waals surface area contributed by atoms with E-state index < -0.39 is 11.6 Å². The Bertz CT molecular complexity index is 803. The third kappa shape index (κ3) is 2.53. The highest BCUT2D eigenvalue weighted by Crippen LogP contribution is 2.35. The Hall–Kier alpha value is -1.79. The molecule has 1 heterocycles. The van der Waals surface area contributed by atoms with Crippen molar-refractivity contribution >= 4 is 44.8 Å². The fraction of sp³-hybridized carbons (Fsp3) is 0.0667. The van der Waals surface area contributed by atoms with Crippen molar-refractivity contribution in [2.24, 2.45) is 4.99 Å².